The lowest BCUT2D eigenvalue weighted by Crippen LogP contribution is -2.57. The second-order valence-electron chi connectivity index (χ2n) is 8.64. The molecule has 0 N–H and O–H groups in total. The van der Waals surface area contributed by atoms with Gasteiger partial charge in [0.05, 0.1) is 5.41 Å². The molecule has 0 spiro atoms. The molecule has 1 saturated carbocycles. The van der Waals surface area contributed by atoms with Gasteiger partial charge in [-0.05, 0) is 36.3 Å². The highest BCUT2D eigenvalue weighted by Gasteiger charge is 2.48. The van der Waals surface area contributed by atoms with E-state index in [4.69, 9.17) is 4.74 Å². The summed E-state index contributed by atoms with van der Waals surface area (Å²) in [6.07, 6.45) is 2.41. The Labute approximate surface area is 181 Å². The van der Waals surface area contributed by atoms with Gasteiger partial charge in [-0.25, -0.2) is 0 Å². The van der Waals surface area contributed by atoms with E-state index in [0.29, 0.717) is 45.3 Å². The van der Waals surface area contributed by atoms with Crippen LogP contribution in [0.1, 0.15) is 35.6 Å². The van der Waals surface area contributed by atoms with Crippen LogP contribution in [0.4, 0.5) is 0 Å². The Morgan fingerprint density at radius 1 is 0.933 bits per heavy atom. The number of amides is 2. The molecule has 2 atom stereocenters. The second-order valence-corrected chi connectivity index (χ2v) is 9.62. The van der Waals surface area contributed by atoms with Gasteiger partial charge in [-0.2, -0.15) is 0 Å². The molecule has 158 valence electrons. The lowest BCUT2D eigenvalue weighted by atomic mass is 9.73. The van der Waals surface area contributed by atoms with E-state index < -0.39 is 5.41 Å². The third kappa shape index (κ3) is 3.56. The van der Waals surface area contributed by atoms with Gasteiger partial charge in [0.1, 0.15) is 0 Å². The third-order valence-electron chi connectivity index (χ3n) is 6.98. The van der Waals surface area contributed by atoms with Crippen LogP contribution in [0.5, 0.6) is 0 Å². The molecule has 2 saturated heterocycles. The first-order chi connectivity index (χ1) is 14.7. The molecule has 0 unspecified atom stereocenters. The predicted octanol–water partition coefficient (Wildman–Crippen LogP) is 3.27. The zero-order chi connectivity index (χ0) is 20.6. The minimum Gasteiger partial charge on any atom is -0.381 e. The van der Waals surface area contributed by atoms with Gasteiger partial charge in [-0.15, -0.1) is 11.3 Å². The van der Waals surface area contributed by atoms with Gasteiger partial charge >= 0.3 is 0 Å². The number of hydrogen-bond donors (Lipinski definition) is 0. The Morgan fingerprint density at radius 3 is 2.30 bits per heavy atom. The maximum atomic E-state index is 13.7. The summed E-state index contributed by atoms with van der Waals surface area (Å²) in [4.78, 5) is 31.9. The van der Waals surface area contributed by atoms with E-state index in [1.54, 1.807) is 11.3 Å². The predicted molar refractivity (Wildman–Crippen MR) is 117 cm³/mol. The highest BCUT2D eigenvalue weighted by Crippen LogP contribution is 2.50. The van der Waals surface area contributed by atoms with Crippen molar-refractivity contribution in [1.29, 1.82) is 0 Å². The number of thiophene rings is 1. The molecule has 2 aromatic rings. The smallest absolute Gasteiger partial charge is 0.233 e. The van der Waals surface area contributed by atoms with Crippen LogP contribution in [-0.2, 0) is 19.7 Å². The molecular weight excluding hydrogens is 396 g/mol. The summed E-state index contributed by atoms with van der Waals surface area (Å²) in [5.74, 6) is 1.01. The number of nitrogens with zero attached hydrogens (tertiary/aromatic N) is 2. The Balaban J connectivity index is 1.23. The average Bonchev–Trinajstić information content (AvgIpc) is 3.43. The molecule has 3 fully saturated rings. The Morgan fingerprint density at radius 2 is 1.63 bits per heavy atom. The Kier molecular flexibility index (Phi) is 5.37. The standard InChI is InChI=1S/C24H28N2O3S/c27-22(20-17-19(20)21-7-4-16-30-21)25-10-12-26(13-11-25)23(28)24(8-14-29-15-9-24)18-5-2-1-3-6-18/h1-7,16,19-20H,8-15,17H2/t19-,20+/m0/s1. The molecule has 1 aromatic carbocycles. The summed E-state index contributed by atoms with van der Waals surface area (Å²) in [7, 11) is 0. The second kappa shape index (κ2) is 8.16. The minimum absolute atomic E-state index is 0.136. The zero-order valence-corrected chi connectivity index (χ0v) is 18.0. The van der Waals surface area contributed by atoms with E-state index in [2.05, 4.69) is 29.6 Å². The van der Waals surface area contributed by atoms with Crippen LogP contribution < -0.4 is 0 Å². The molecule has 1 aromatic heterocycles. The van der Waals surface area contributed by atoms with E-state index in [9.17, 15) is 9.59 Å². The van der Waals surface area contributed by atoms with Crippen LogP contribution in [0.15, 0.2) is 47.8 Å². The first-order valence-corrected chi connectivity index (χ1v) is 11.8. The fourth-order valence-electron chi connectivity index (χ4n) is 5.05. The van der Waals surface area contributed by atoms with E-state index in [1.807, 2.05) is 28.0 Å². The summed E-state index contributed by atoms with van der Waals surface area (Å²) >= 11 is 1.75. The fraction of sp³-hybridized carbons (Fsp3) is 0.500. The van der Waals surface area contributed by atoms with E-state index in [1.165, 1.54) is 4.88 Å². The molecule has 5 nitrogen and oxygen atoms in total. The number of carbonyl (C=O) groups excluding carboxylic acids is 2. The number of carbonyl (C=O) groups is 2. The van der Waals surface area contributed by atoms with Crippen LogP contribution in [0, 0.1) is 5.92 Å². The van der Waals surface area contributed by atoms with Crippen LogP contribution in [0.25, 0.3) is 0 Å². The van der Waals surface area contributed by atoms with Crippen molar-refractivity contribution in [1.82, 2.24) is 9.80 Å². The largest absolute Gasteiger partial charge is 0.381 e. The van der Waals surface area contributed by atoms with Gasteiger partial charge in [-0.3, -0.25) is 9.59 Å². The van der Waals surface area contributed by atoms with Gasteiger partial charge in [-0.1, -0.05) is 36.4 Å². The van der Waals surface area contributed by atoms with Crippen molar-refractivity contribution in [2.75, 3.05) is 39.4 Å². The topological polar surface area (TPSA) is 49.9 Å². The van der Waals surface area contributed by atoms with E-state index in [0.717, 1.165) is 24.8 Å². The van der Waals surface area contributed by atoms with Gasteiger partial charge in [0.25, 0.3) is 0 Å². The first-order valence-electron chi connectivity index (χ1n) is 10.9. The van der Waals surface area contributed by atoms with Gasteiger partial charge in [0.2, 0.25) is 11.8 Å². The molecule has 3 heterocycles. The molecule has 3 aliphatic rings. The summed E-state index contributed by atoms with van der Waals surface area (Å²) in [6, 6.07) is 14.3. The summed E-state index contributed by atoms with van der Waals surface area (Å²) in [5.41, 5.74) is 0.598. The number of piperazine rings is 1. The highest BCUT2D eigenvalue weighted by molar-refractivity contribution is 7.10. The minimum atomic E-state index is -0.494. The Hall–Kier alpha value is -2.18. The average molecular weight is 425 g/mol. The summed E-state index contributed by atoms with van der Waals surface area (Å²) in [5, 5.41) is 2.08. The van der Waals surface area contributed by atoms with Crippen molar-refractivity contribution in [3.63, 3.8) is 0 Å². The number of ether oxygens (including phenoxy) is 1. The lowest BCUT2D eigenvalue weighted by Gasteiger charge is -2.43. The van der Waals surface area contributed by atoms with Crippen molar-refractivity contribution in [3.05, 3.63) is 58.3 Å². The molecule has 5 rings (SSSR count). The molecular formula is C24H28N2O3S. The third-order valence-corrected chi connectivity index (χ3v) is 7.98. The summed E-state index contributed by atoms with van der Waals surface area (Å²) < 4.78 is 5.58. The van der Waals surface area contributed by atoms with Crippen molar-refractivity contribution in [2.45, 2.75) is 30.6 Å². The molecule has 6 heteroatoms. The van der Waals surface area contributed by atoms with Crippen LogP contribution in [0.3, 0.4) is 0 Å². The SMILES string of the molecule is O=C([C@@H]1C[C@@H]1c1cccs1)N1CCN(C(=O)C2(c3ccccc3)CCOCC2)CC1. The number of benzene rings is 1. The number of hydrogen-bond acceptors (Lipinski definition) is 4. The molecule has 0 bridgehead atoms. The monoisotopic (exact) mass is 424 g/mol. The van der Waals surface area contributed by atoms with Gasteiger partial charge in [0.15, 0.2) is 0 Å². The molecule has 2 amide bonds. The Bertz CT molecular complexity index is 884. The fourth-order valence-corrected chi connectivity index (χ4v) is 5.96. The van der Waals surface area contributed by atoms with Gasteiger partial charge < -0.3 is 14.5 Å². The summed E-state index contributed by atoms with van der Waals surface area (Å²) in [6.45, 7) is 3.75. The normalized spacial score (nSPS) is 25.7. The maximum absolute atomic E-state index is 13.7. The molecule has 30 heavy (non-hydrogen) atoms. The van der Waals surface area contributed by atoms with E-state index in [-0.39, 0.29) is 17.7 Å². The van der Waals surface area contributed by atoms with Crippen LogP contribution in [-0.4, -0.2) is 61.0 Å². The van der Waals surface area contributed by atoms with Crippen molar-refractivity contribution in [3.8, 4) is 0 Å². The first kappa shape index (κ1) is 19.8. The van der Waals surface area contributed by atoms with Crippen molar-refractivity contribution in [2.24, 2.45) is 5.92 Å². The molecule has 2 aliphatic heterocycles. The lowest BCUT2D eigenvalue weighted by molar-refractivity contribution is -0.146. The van der Waals surface area contributed by atoms with Crippen LogP contribution in [0.2, 0.25) is 0 Å². The maximum Gasteiger partial charge on any atom is 0.233 e. The quantitative estimate of drug-likeness (QED) is 0.757. The molecule has 0 radical (unpaired) electrons. The van der Waals surface area contributed by atoms with Gasteiger partial charge in [0, 0.05) is 56.1 Å². The van der Waals surface area contributed by atoms with Crippen molar-refractivity contribution >= 4 is 23.2 Å². The molecule has 1 aliphatic carbocycles. The van der Waals surface area contributed by atoms with Crippen molar-refractivity contribution < 1.29 is 14.3 Å². The number of rotatable bonds is 4. The highest BCUT2D eigenvalue weighted by atomic mass is 32.1. The zero-order valence-electron chi connectivity index (χ0n) is 17.2. The van der Waals surface area contributed by atoms with Crippen LogP contribution >= 0.6 is 11.3 Å². The van der Waals surface area contributed by atoms with E-state index >= 15 is 0 Å².